The molecule has 2 aliphatic heterocycles. The molecule has 1 aromatic heterocycles. The fraction of sp³-hybridized carbons (Fsp3) is 0.316. The Morgan fingerprint density at radius 1 is 1.20 bits per heavy atom. The predicted octanol–water partition coefficient (Wildman–Crippen LogP) is 3.73. The second-order valence-electron chi connectivity index (χ2n) is 5.93. The fourth-order valence-corrected chi connectivity index (χ4v) is 4.16. The number of hydrogen-bond acceptors (Lipinski definition) is 5. The van der Waals surface area contributed by atoms with Crippen LogP contribution in [0.3, 0.4) is 0 Å². The van der Waals surface area contributed by atoms with Crippen molar-refractivity contribution in [1.29, 1.82) is 0 Å². The molecule has 0 aliphatic carbocycles. The van der Waals surface area contributed by atoms with E-state index in [0.717, 1.165) is 48.1 Å². The van der Waals surface area contributed by atoms with E-state index in [1.165, 1.54) is 0 Å². The van der Waals surface area contributed by atoms with Crippen LogP contribution < -0.4 is 9.47 Å². The number of hydrogen-bond donors (Lipinski definition) is 0. The van der Waals surface area contributed by atoms with Crippen LogP contribution in [0.25, 0.3) is 6.08 Å². The van der Waals surface area contributed by atoms with Crippen LogP contribution in [-0.4, -0.2) is 36.4 Å². The smallest absolute Gasteiger partial charge is 0.246 e. The van der Waals surface area contributed by atoms with E-state index in [9.17, 15) is 4.79 Å². The molecule has 1 aromatic carbocycles. The summed E-state index contributed by atoms with van der Waals surface area (Å²) in [6, 6.07) is 9.59. The normalized spacial score (nSPS) is 20.0. The van der Waals surface area contributed by atoms with Crippen molar-refractivity contribution in [3.05, 3.63) is 54.0 Å². The highest BCUT2D eigenvalue weighted by molar-refractivity contribution is 7.99. The zero-order valence-electron chi connectivity index (χ0n) is 13.7. The van der Waals surface area contributed by atoms with Crippen LogP contribution in [0.5, 0.6) is 11.5 Å². The lowest BCUT2D eigenvalue weighted by Gasteiger charge is -2.18. The lowest BCUT2D eigenvalue weighted by Crippen LogP contribution is -2.31. The quantitative estimate of drug-likeness (QED) is 0.784. The van der Waals surface area contributed by atoms with Crippen molar-refractivity contribution in [1.82, 2.24) is 4.90 Å². The Hall–Kier alpha value is -2.34. The number of fused-ring (bicyclic) bond motifs is 1. The molecule has 0 saturated carbocycles. The van der Waals surface area contributed by atoms with Gasteiger partial charge in [0.05, 0.1) is 11.5 Å². The topological polar surface area (TPSA) is 51.9 Å². The molecule has 0 spiro atoms. The summed E-state index contributed by atoms with van der Waals surface area (Å²) in [5.41, 5.74) is 0.926. The maximum Gasteiger partial charge on any atom is 0.246 e. The number of furan rings is 1. The molecule has 1 fully saturated rings. The average Bonchev–Trinajstić information content (AvgIpc) is 3.27. The lowest BCUT2D eigenvalue weighted by molar-refractivity contribution is -0.125. The molecule has 1 amide bonds. The lowest BCUT2D eigenvalue weighted by atomic mass is 10.2. The number of thioether (sulfide) groups is 1. The second-order valence-corrected chi connectivity index (χ2v) is 7.25. The van der Waals surface area contributed by atoms with E-state index in [2.05, 4.69) is 0 Å². The molecule has 130 valence electrons. The first-order valence-electron chi connectivity index (χ1n) is 8.31. The van der Waals surface area contributed by atoms with E-state index < -0.39 is 0 Å². The molecule has 2 aliphatic rings. The Kier molecular flexibility index (Phi) is 4.70. The Bertz CT molecular complexity index is 772. The molecule has 0 unspecified atom stereocenters. The number of carbonyl (C=O) groups is 1. The minimum atomic E-state index is 0.0401. The third-order valence-corrected chi connectivity index (χ3v) is 5.62. The van der Waals surface area contributed by atoms with Crippen molar-refractivity contribution in [2.75, 3.05) is 25.6 Å². The number of nitrogens with zero attached hydrogens (tertiary/aromatic N) is 1. The monoisotopic (exact) mass is 357 g/mol. The van der Waals surface area contributed by atoms with Gasteiger partial charge in [0.1, 0.15) is 5.76 Å². The third-order valence-electron chi connectivity index (χ3n) is 4.33. The molecular weight excluding hydrogens is 338 g/mol. The van der Waals surface area contributed by atoms with Crippen molar-refractivity contribution >= 4 is 23.7 Å². The molecule has 0 radical (unpaired) electrons. The first kappa shape index (κ1) is 16.1. The van der Waals surface area contributed by atoms with Crippen LogP contribution >= 0.6 is 11.8 Å². The largest absolute Gasteiger partial charge is 0.468 e. The van der Waals surface area contributed by atoms with Crippen molar-refractivity contribution in [3.8, 4) is 11.5 Å². The summed E-state index contributed by atoms with van der Waals surface area (Å²) < 4.78 is 16.2. The molecule has 5 nitrogen and oxygen atoms in total. The zero-order chi connectivity index (χ0) is 17.1. The summed E-state index contributed by atoms with van der Waals surface area (Å²) in [5.74, 6) is 3.42. The summed E-state index contributed by atoms with van der Waals surface area (Å²) in [4.78, 5) is 14.4. The minimum absolute atomic E-state index is 0.0401. The van der Waals surface area contributed by atoms with Crippen LogP contribution in [-0.2, 0) is 4.79 Å². The molecule has 4 rings (SSSR count). The molecule has 2 aromatic rings. The number of ether oxygens (including phenoxy) is 2. The van der Waals surface area contributed by atoms with Gasteiger partial charge in [-0.1, -0.05) is 6.07 Å². The number of benzene rings is 1. The van der Waals surface area contributed by atoms with Crippen LogP contribution in [0.4, 0.5) is 0 Å². The molecule has 1 atom stereocenters. The molecule has 0 bridgehead atoms. The maximum absolute atomic E-state index is 12.5. The SMILES string of the molecule is O=C(/C=C/c1ccc2c(c1)OCO2)N1CCS[C@@H](c2ccco2)CC1. The summed E-state index contributed by atoms with van der Waals surface area (Å²) in [5, 5.41) is 0.325. The third kappa shape index (κ3) is 3.69. The Morgan fingerprint density at radius 3 is 3.00 bits per heavy atom. The first-order chi connectivity index (χ1) is 12.3. The highest BCUT2D eigenvalue weighted by Gasteiger charge is 2.22. The molecule has 1 saturated heterocycles. The van der Waals surface area contributed by atoms with Crippen LogP contribution in [0, 0.1) is 0 Å². The molecule has 3 heterocycles. The van der Waals surface area contributed by atoms with Gasteiger partial charge in [-0.15, -0.1) is 11.8 Å². The average molecular weight is 357 g/mol. The predicted molar refractivity (Wildman–Crippen MR) is 96.7 cm³/mol. The summed E-state index contributed by atoms with van der Waals surface area (Å²) in [6.07, 6.45) is 6.07. The summed E-state index contributed by atoms with van der Waals surface area (Å²) in [7, 11) is 0. The van der Waals surface area contributed by atoms with E-state index in [1.807, 2.05) is 53.1 Å². The Balaban J connectivity index is 1.37. The van der Waals surface area contributed by atoms with Crippen LogP contribution in [0.15, 0.2) is 47.1 Å². The fourth-order valence-electron chi connectivity index (χ4n) is 2.98. The number of carbonyl (C=O) groups excluding carboxylic acids is 1. The summed E-state index contributed by atoms with van der Waals surface area (Å²) >= 11 is 1.85. The Labute approximate surface area is 150 Å². The standard InChI is InChI=1S/C19H19NO4S/c21-19(6-4-14-3-5-15-17(12-14)24-13-23-15)20-8-7-18(25-11-9-20)16-2-1-10-22-16/h1-6,10,12,18H,7-9,11,13H2/b6-4+/t18-/m1/s1. The van der Waals surface area contributed by atoms with Gasteiger partial charge in [0, 0.05) is 24.9 Å². The first-order valence-corrected chi connectivity index (χ1v) is 9.36. The van der Waals surface area contributed by atoms with Gasteiger partial charge in [-0.3, -0.25) is 4.79 Å². The molecule has 25 heavy (non-hydrogen) atoms. The van der Waals surface area contributed by atoms with Gasteiger partial charge in [-0.05, 0) is 42.3 Å². The van der Waals surface area contributed by atoms with Crippen molar-refractivity contribution < 1.29 is 18.7 Å². The molecule has 0 N–H and O–H groups in total. The maximum atomic E-state index is 12.5. The number of amides is 1. The van der Waals surface area contributed by atoms with Gasteiger partial charge in [0.15, 0.2) is 11.5 Å². The summed E-state index contributed by atoms with van der Waals surface area (Å²) in [6.45, 7) is 1.75. The zero-order valence-corrected chi connectivity index (χ0v) is 14.5. The van der Waals surface area contributed by atoms with Crippen molar-refractivity contribution in [3.63, 3.8) is 0 Å². The molecule has 6 heteroatoms. The van der Waals surface area contributed by atoms with E-state index in [-0.39, 0.29) is 12.7 Å². The van der Waals surface area contributed by atoms with Gasteiger partial charge in [-0.25, -0.2) is 0 Å². The Morgan fingerprint density at radius 2 is 2.12 bits per heavy atom. The van der Waals surface area contributed by atoms with Crippen LogP contribution in [0.2, 0.25) is 0 Å². The number of rotatable bonds is 3. The van der Waals surface area contributed by atoms with Gasteiger partial charge in [-0.2, -0.15) is 0 Å². The highest BCUT2D eigenvalue weighted by Crippen LogP contribution is 2.35. The van der Waals surface area contributed by atoms with E-state index in [1.54, 1.807) is 12.3 Å². The molecular formula is C19H19NO4S. The minimum Gasteiger partial charge on any atom is -0.468 e. The van der Waals surface area contributed by atoms with Gasteiger partial charge >= 0.3 is 0 Å². The van der Waals surface area contributed by atoms with E-state index >= 15 is 0 Å². The van der Waals surface area contributed by atoms with Gasteiger partial charge in [0.2, 0.25) is 12.7 Å². The van der Waals surface area contributed by atoms with E-state index in [4.69, 9.17) is 13.9 Å². The van der Waals surface area contributed by atoms with Crippen molar-refractivity contribution in [2.24, 2.45) is 0 Å². The highest BCUT2D eigenvalue weighted by atomic mass is 32.2. The van der Waals surface area contributed by atoms with Gasteiger partial charge < -0.3 is 18.8 Å². The van der Waals surface area contributed by atoms with Gasteiger partial charge in [0.25, 0.3) is 0 Å². The second kappa shape index (κ2) is 7.27. The van der Waals surface area contributed by atoms with Crippen molar-refractivity contribution in [2.45, 2.75) is 11.7 Å². The van der Waals surface area contributed by atoms with Crippen LogP contribution in [0.1, 0.15) is 23.0 Å². The van der Waals surface area contributed by atoms with E-state index in [0.29, 0.717) is 5.25 Å².